The van der Waals surface area contributed by atoms with Gasteiger partial charge in [0, 0.05) is 55.5 Å². The fourth-order valence-corrected chi connectivity index (χ4v) is 3.74. The Hall–Kier alpha value is -2.99. The summed E-state index contributed by atoms with van der Waals surface area (Å²) in [6.45, 7) is 5.72. The van der Waals surface area contributed by atoms with Crippen LogP contribution in [0.25, 0.3) is 11.0 Å². The van der Waals surface area contributed by atoms with Crippen molar-refractivity contribution in [2.75, 3.05) is 44.8 Å². The summed E-state index contributed by atoms with van der Waals surface area (Å²) < 4.78 is 16.9. The number of amides is 1. The van der Waals surface area contributed by atoms with E-state index in [0.717, 1.165) is 41.1 Å². The molecule has 0 spiro atoms. The first-order valence-electron chi connectivity index (χ1n) is 9.97. The minimum Gasteiger partial charge on any atom is -0.497 e. The zero-order valence-corrected chi connectivity index (χ0v) is 16.9. The van der Waals surface area contributed by atoms with E-state index in [0.29, 0.717) is 32.1 Å². The van der Waals surface area contributed by atoms with E-state index >= 15 is 0 Å². The number of carbonyl (C=O) groups is 1. The van der Waals surface area contributed by atoms with Crippen LogP contribution in [0, 0.1) is 0 Å². The van der Waals surface area contributed by atoms with Crippen molar-refractivity contribution in [2.45, 2.75) is 13.5 Å². The Morgan fingerprint density at radius 3 is 2.62 bits per heavy atom. The molecule has 2 aromatic carbocycles. The van der Waals surface area contributed by atoms with Gasteiger partial charge in [-0.2, -0.15) is 0 Å². The van der Waals surface area contributed by atoms with Crippen LogP contribution in [-0.2, 0) is 11.3 Å². The van der Waals surface area contributed by atoms with Gasteiger partial charge in [-0.3, -0.25) is 4.79 Å². The molecule has 0 bridgehead atoms. The summed E-state index contributed by atoms with van der Waals surface area (Å²) in [6, 6.07) is 15.8. The second-order valence-electron chi connectivity index (χ2n) is 7.02. The number of rotatable bonds is 6. The van der Waals surface area contributed by atoms with Gasteiger partial charge in [0.05, 0.1) is 13.7 Å². The summed E-state index contributed by atoms with van der Waals surface area (Å²) in [5.74, 6) is 1.17. The SMILES string of the molecule is CCOCc1c(C(=O)N2CCN(c3cccc(OC)c3)CC2)oc2ccccc12. The van der Waals surface area contributed by atoms with Crippen LogP contribution < -0.4 is 9.64 Å². The van der Waals surface area contributed by atoms with Gasteiger partial charge >= 0.3 is 0 Å². The van der Waals surface area contributed by atoms with Crippen molar-refractivity contribution in [3.63, 3.8) is 0 Å². The largest absolute Gasteiger partial charge is 0.497 e. The summed E-state index contributed by atoms with van der Waals surface area (Å²) in [5.41, 5.74) is 2.67. The Morgan fingerprint density at radius 1 is 1.07 bits per heavy atom. The molecule has 0 saturated carbocycles. The van der Waals surface area contributed by atoms with Gasteiger partial charge in [-0.1, -0.05) is 24.3 Å². The first-order chi connectivity index (χ1) is 14.2. The minimum atomic E-state index is -0.0683. The normalized spacial score (nSPS) is 14.4. The number of methoxy groups -OCH3 is 1. The molecule has 6 heteroatoms. The van der Waals surface area contributed by atoms with Crippen LogP contribution in [0.15, 0.2) is 52.9 Å². The van der Waals surface area contributed by atoms with E-state index in [1.165, 1.54) is 0 Å². The quantitative estimate of drug-likeness (QED) is 0.634. The number of carbonyl (C=O) groups excluding carboxylic acids is 1. The molecule has 1 aliphatic heterocycles. The molecule has 6 nitrogen and oxygen atoms in total. The molecular weight excluding hydrogens is 368 g/mol. The molecule has 0 unspecified atom stereocenters. The second-order valence-corrected chi connectivity index (χ2v) is 7.02. The molecule has 0 atom stereocenters. The molecule has 152 valence electrons. The molecule has 2 heterocycles. The van der Waals surface area contributed by atoms with Crippen LogP contribution >= 0.6 is 0 Å². The second kappa shape index (κ2) is 8.57. The zero-order valence-electron chi connectivity index (χ0n) is 16.9. The van der Waals surface area contributed by atoms with Gasteiger partial charge < -0.3 is 23.7 Å². The monoisotopic (exact) mass is 394 g/mol. The lowest BCUT2D eigenvalue weighted by molar-refractivity contribution is 0.0706. The van der Waals surface area contributed by atoms with Crippen LogP contribution in [0.4, 0.5) is 5.69 Å². The number of piperazine rings is 1. The van der Waals surface area contributed by atoms with Crippen LogP contribution in [0.3, 0.4) is 0 Å². The lowest BCUT2D eigenvalue weighted by Gasteiger charge is -2.36. The standard InChI is InChI=1S/C23H26N2O4/c1-3-28-16-20-19-9-4-5-10-21(19)29-22(20)23(26)25-13-11-24(12-14-25)17-7-6-8-18(15-17)27-2/h4-10,15H,3,11-14,16H2,1-2H3. The molecule has 4 rings (SSSR count). The number of furan rings is 1. The highest BCUT2D eigenvalue weighted by Gasteiger charge is 2.28. The van der Waals surface area contributed by atoms with E-state index in [-0.39, 0.29) is 5.91 Å². The van der Waals surface area contributed by atoms with Crippen molar-refractivity contribution < 1.29 is 18.7 Å². The van der Waals surface area contributed by atoms with Crippen LogP contribution in [0.1, 0.15) is 23.0 Å². The van der Waals surface area contributed by atoms with Crippen molar-refractivity contribution in [2.24, 2.45) is 0 Å². The van der Waals surface area contributed by atoms with E-state index in [9.17, 15) is 4.79 Å². The maximum absolute atomic E-state index is 13.2. The number of nitrogens with zero attached hydrogens (tertiary/aromatic N) is 2. The Morgan fingerprint density at radius 2 is 1.86 bits per heavy atom. The summed E-state index contributed by atoms with van der Waals surface area (Å²) in [4.78, 5) is 17.4. The average molecular weight is 394 g/mol. The lowest BCUT2D eigenvalue weighted by atomic mass is 10.1. The number of para-hydroxylation sites is 1. The predicted octanol–water partition coefficient (Wildman–Crippen LogP) is 3.94. The molecule has 1 amide bonds. The Labute approximate surface area is 170 Å². The summed E-state index contributed by atoms with van der Waals surface area (Å²) in [5, 5.41) is 0.944. The Balaban J connectivity index is 1.51. The summed E-state index contributed by atoms with van der Waals surface area (Å²) >= 11 is 0. The van der Waals surface area contributed by atoms with E-state index in [4.69, 9.17) is 13.9 Å². The van der Waals surface area contributed by atoms with Crippen LogP contribution in [0.5, 0.6) is 5.75 Å². The highest BCUT2D eigenvalue weighted by Crippen LogP contribution is 2.28. The lowest BCUT2D eigenvalue weighted by Crippen LogP contribution is -2.48. The van der Waals surface area contributed by atoms with Crippen molar-refractivity contribution in [1.82, 2.24) is 4.90 Å². The Bertz CT molecular complexity index is 989. The van der Waals surface area contributed by atoms with E-state index < -0.39 is 0 Å². The Kier molecular flexibility index (Phi) is 5.71. The number of hydrogen-bond acceptors (Lipinski definition) is 5. The number of anilines is 1. The number of benzene rings is 2. The van der Waals surface area contributed by atoms with Gasteiger partial charge in [0.25, 0.3) is 5.91 Å². The van der Waals surface area contributed by atoms with Gasteiger partial charge in [-0.15, -0.1) is 0 Å². The van der Waals surface area contributed by atoms with Gasteiger partial charge in [-0.25, -0.2) is 0 Å². The summed E-state index contributed by atoms with van der Waals surface area (Å²) in [7, 11) is 1.67. The van der Waals surface area contributed by atoms with Crippen LogP contribution in [-0.4, -0.2) is 50.7 Å². The maximum Gasteiger partial charge on any atom is 0.290 e. The predicted molar refractivity (Wildman–Crippen MR) is 113 cm³/mol. The highest BCUT2D eigenvalue weighted by molar-refractivity contribution is 5.99. The molecule has 1 fully saturated rings. The van der Waals surface area contributed by atoms with Gasteiger partial charge in [0.1, 0.15) is 11.3 Å². The van der Waals surface area contributed by atoms with Crippen LogP contribution in [0.2, 0.25) is 0 Å². The zero-order chi connectivity index (χ0) is 20.2. The number of hydrogen-bond donors (Lipinski definition) is 0. The smallest absolute Gasteiger partial charge is 0.290 e. The molecule has 0 aliphatic carbocycles. The summed E-state index contributed by atoms with van der Waals surface area (Å²) in [6.07, 6.45) is 0. The van der Waals surface area contributed by atoms with E-state index in [2.05, 4.69) is 11.0 Å². The fourth-order valence-electron chi connectivity index (χ4n) is 3.74. The third-order valence-corrected chi connectivity index (χ3v) is 5.33. The number of fused-ring (bicyclic) bond motifs is 1. The van der Waals surface area contributed by atoms with Crippen molar-refractivity contribution in [3.05, 3.63) is 59.9 Å². The molecule has 0 radical (unpaired) electrons. The average Bonchev–Trinajstić information content (AvgIpc) is 3.16. The molecule has 3 aromatic rings. The van der Waals surface area contributed by atoms with Crippen molar-refractivity contribution in [3.8, 4) is 5.75 Å². The molecule has 1 aromatic heterocycles. The number of ether oxygens (including phenoxy) is 2. The van der Waals surface area contributed by atoms with Gasteiger partial charge in [0.15, 0.2) is 5.76 Å². The van der Waals surface area contributed by atoms with Gasteiger partial charge in [-0.05, 0) is 25.1 Å². The third kappa shape index (κ3) is 3.93. The first kappa shape index (κ1) is 19.3. The molecule has 0 N–H and O–H groups in total. The van der Waals surface area contributed by atoms with Gasteiger partial charge in [0.2, 0.25) is 0 Å². The highest BCUT2D eigenvalue weighted by atomic mass is 16.5. The van der Waals surface area contributed by atoms with Crippen molar-refractivity contribution in [1.29, 1.82) is 0 Å². The molecule has 1 aliphatic rings. The molecule has 1 saturated heterocycles. The van der Waals surface area contributed by atoms with E-state index in [1.54, 1.807) is 7.11 Å². The fraction of sp³-hybridized carbons (Fsp3) is 0.348. The third-order valence-electron chi connectivity index (χ3n) is 5.33. The first-order valence-corrected chi connectivity index (χ1v) is 9.97. The van der Waals surface area contributed by atoms with E-state index in [1.807, 2.05) is 54.3 Å². The minimum absolute atomic E-state index is 0.0683. The maximum atomic E-state index is 13.2. The molecular formula is C23H26N2O4. The topological polar surface area (TPSA) is 55.2 Å². The molecule has 29 heavy (non-hydrogen) atoms. The van der Waals surface area contributed by atoms with Crippen molar-refractivity contribution >= 4 is 22.6 Å².